The number of methoxy groups -OCH3 is 1. The molecule has 0 aromatic rings. The maximum absolute atomic E-state index is 11.4. The molecule has 4 heteroatoms. The molecule has 0 aliphatic carbocycles. The molecule has 1 atom stereocenters. The lowest BCUT2D eigenvalue weighted by Gasteiger charge is -2.23. The summed E-state index contributed by atoms with van der Waals surface area (Å²) in [7, 11) is 1.44. The first-order valence-electron chi connectivity index (χ1n) is 4.96. The number of carbonyl (C=O) groups is 1. The van der Waals surface area contributed by atoms with E-state index in [1.807, 2.05) is 25.6 Å². The van der Waals surface area contributed by atoms with E-state index in [1.165, 1.54) is 19.3 Å². The van der Waals surface area contributed by atoms with Crippen LogP contribution in [-0.2, 0) is 9.53 Å². The van der Waals surface area contributed by atoms with Crippen LogP contribution in [0.3, 0.4) is 0 Å². The monoisotopic (exact) mass is 217 g/mol. The van der Waals surface area contributed by atoms with E-state index in [9.17, 15) is 4.79 Å². The third kappa shape index (κ3) is 3.17. The van der Waals surface area contributed by atoms with Crippen molar-refractivity contribution in [3.8, 4) is 0 Å². The molecular weight excluding hydrogens is 198 g/mol. The molecular formula is C10H19NO2S. The number of hydrogen-bond donors (Lipinski definition) is 1. The van der Waals surface area contributed by atoms with Crippen molar-refractivity contribution < 1.29 is 9.53 Å². The molecule has 0 bridgehead atoms. The van der Waals surface area contributed by atoms with E-state index in [1.54, 1.807) is 0 Å². The molecule has 0 radical (unpaired) electrons. The molecule has 0 spiro atoms. The Labute approximate surface area is 90.0 Å². The fourth-order valence-corrected chi connectivity index (χ4v) is 2.63. The lowest BCUT2D eigenvalue weighted by Crippen LogP contribution is -2.41. The summed E-state index contributed by atoms with van der Waals surface area (Å²) in [5.74, 6) is 2.25. The van der Waals surface area contributed by atoms with Crippen molar-refractivity contribution in [2.75, 3.05) is 25.2 Å². The van der Waals surface area contributed by atoms with Crippen molar-refractivity contribution in [2.45, 2.75) is 26.3 Å². The zero-order valence-electron chi connectivity index (χ0n) is 9.13. The first-order chi connectivity index (χ1) is 6.56. The van der Waals surface area contributed by atoms with Gasteiger partial charge in [0.2, 0.25) is 0 Å². The second-order valence-electron chi connectivity index (χ2n) is 4.32. The predicted molar refractivity (Wildman–Crippen MR) is 59.5 cm³/mol. The average molecular weight is 217 g/mol. The van der Waals surface area contributed by atoms with Gasteiger partial charge in [0.25, 0.3) is 0 Å². The summed E-state index contributed by atoms with van der Waals surface area (Å²) < 4.78 is 4.75. The van der Waals surface area contributed by atoms with Gasteiger partial charge in [0.1, 0.15) is 0 Å². The van der Waals surface area contributed by atoms with Gasteiger partial charge in [0.05, 0.1) is 12.5 Å². The van der Waals surface area contributed by atoms with Gasteiger partial charge < -0.3 is 10.1 Å². The third-order valence-corrected chi connectivity index (χ3v) is 3.66. The quantitative estimate of drug-likeness (QED) is 0.720. The highest BCUT2D eigenvalue weighted by molar-refractivity contribution is 7.99. The zero-order valence-corrected chi connectivity index (χ0v) is 9.95. The zero-order chi connectivity index (χ0) is 10.6. The highest BCUT2D eigenvalue weighted by Gasteiger charge is 2.29. The number of nitrogens with one attached hydrogen (secondary N) is 1. The summed E-state index contributed by atoms with van der Waals surface area (Å²) in [5, 5.41) is 3.42. The Kier molecular flexibility index (Phi) is 4.26. The van der Waals surface area contributed by atoms with Crippen molar-refractivity contribution in [1.29, 1.82) is 0 Å². The van der Waals surface area contributed by atoms with Crippen molar-refractivity contribution in [3.63, 3.8) is 0 Å². The van der Waals surface area contributed by atoms with Gasteiger partial charge in [0.15, 0.2) is 0 Å². The highest BCUT2D eigenvalue weighted by Crippen LogP contribution is 2.20. The van der Waals surface area contributed by atoms with E-state index < -0.39 is 5.41 Å². The molecule has 0 unspecified atom stereocenters. The van der Waals surface area contributed by atoms with Gasteiger partial charge in [-0.1, -0.05) is 0 Å². The molecule has 0 amide bonds. The Morgan fingerprint density at radius 1 is 1.64 bits per heavy atom. The fraction of sp³-hybridized carbons (Fsp3) is 0.900. The summed E-state index contributed by atoms with van der Waals surface area (Å²) in [6.07, 6.45) is 1.21. The molecule has 1 saturated heterocycles. The van der Waals surface area contributed by atoms with E-state index in [0.29, 0.717) is 12.6 Å². The van der Waals surface area contributed by atoms with Crippen molar-refractivity contribution in [1.82, 2.24) is 5.32 Å². The molecule has 1 N–H and O–H groups in total. The molecule has 3 nitrogen and oxygen atoms in total. The lowest BCUT2D eigenvalue weighted by atomic mass is 9.93. The fourth-order valence-electron chi connectivity index (χ4n) is 1.44. The van der Waals surface area contributed by atoms with Crippen LogP contribution >= 0.6 is 11.8 Å². The molecule has 1 aliphatic heterocycles. The Hall–Kier alpha value is -0.220. The summed E-state index contributed by atoms with van der Waals surface area (Å²) in [6.45, 7) is 4.52. The molecule has 0 aromatic heterocycles. The topological polar surface area (TPSA) is 38.3 Å². The summed E-state index contributed by atoms with van der Waals surface area (Å²) in [4.78, 5) is 11.4. The Morgan fingerprint density at radius 3 is 2.86 bits per heavy atom. The number of carbonyl (C=O) groups excluding carboxylic acids is 1. The molecule has 0 saturated carbocycles. The van der Waals surface area contributed by atoms with E-state index >= 15 is 0 Å². The summed E-state index contributed by atoms with van der Waals surface area (Å²) in [6, 6.07) is 0.573. The smallest absolute Gasteiger partial charge is 0.312 e. The number of hydrogen-bond acceptors (Lipinski definition) is 4. The maximum atomic E-state index is 11.4. The molecule has 14 heavy (non-hydrogen) atoms. The van der Waals surface area contributed by atoms with E-state index in [2.05, 4.69) is 5.32 Å². The minimum atomic E-state index is -0.415. The van der Waals surface area contributed by atoms with Gasteiger partial charge in [-0.3, -0.25) is 4.79 Å². The van der Waals surface area contributed by atoms with Crippen LogP contribution in [0.4, 0.5) is 0 Å². The summed E-state index contributed by atoms with van der Waals surface area (Å²) >= 11 is 1.97. The van der Waals surface area contributed by atoms with Gasteiger partial charge in [-0.2, -0.15) is 11.8 Å². The van der Waals surface area contributed by atoms with E-state index in [4.69, 9.17) is 4.74 Å². The van der Waals surface area contributed by atoms with Gasteiger partial charge in [0, 0.05) is 18.3 Å². The molecule has 0 aromatic carbocycles. The van der Waals surface area contributed by atoms with Gasteiger partial charge in [-0.15, -0.1) is 0 Å². The van der Waals surface area contributed by atoms with Crippen LogP contribution < -0.4 is 5.32 Å². The second-order valence-corrected chi connectivity index (χ2v) is 5.47. The van der Waals surface area contributed by atoms with Crippen LogP contribution in [0, 0.1) is 5.41 Å². The predicted octanol–water partition coefficient (Wildman–Crippen LogP) is 1.28. The summed E-state index contributed by atoms with van der Waals surface area (Å²) in [5.41, 5.74) is -0.415. The van der Waals surface area contributed by atoms with Crippen LogP contribution in [0.1, 0.15) is 20.3 Å². The van der Waals surface area contributed by atoms with Crippen molar-refractivity contribution in [2.24, 2.45) is 5.41 Å². The van der Waals surface area contributed by atoms with E-state index in [-0.39, 0.29) is 5.97 Å². The number of rotatable bonds is 4. The first kappa shape index (κ1) is 11.9. The van der Waals surface area contributed by atoms with Gasteiger partial charge in [-0.25, -0.2) is 0 Å². The van der Waals surface area contributed by atoms with Gasteiger partial charge >= 0.3 is 5.97 Å². The lowest BCUT2D eigenvalue weighted by molar-refractivity contribution is -0.150. The SMILES string of the molecule is COC(=O)C(C)(C)CN[C@H]1CCSC1. The van der Waals surface area contributed by atoms with Crippen LogP contribution in [0.5, 0.6) is 0 Å². The Morgan fingerprint density at radius 2 is 2.36 bits per heavy atom. The van der Waals surface area contributed by atoms with Crippen LogP contribution in [-0.4, -0.2) is 37.2 Å². The Balaban J connectivity index is 2.31. The third-order valence-electron chi connectivity index (χ3n) is 2.50. The minimum Gasteiger partial charge on any atom is -0.469 e. The average Bonchev–Trinajstić information content (AvgIpc) is 2.66. The molecule has 1 heterocycles. The molecule has 82 valence electrons. The van der Waals surface area contributed by atoms with Crippen LogP contribution in [0.2, 0.25) is 0 Å². The normalized spacial score (nSPS) is 22.4. The largest absolute Gasteiger partial charge is 0.469 e. The van der Waals surface area contributed by atoms with Gasteiger partial charge in [-0.05, 0) is 26.0 Å². The number of thioether (sulfide) groups is 1. The minimum absolute atomic E-state index is 0.143. The molecule has 1 aliphatic rings. The number of esters is 1. The molecule has 1 fully saturated rings. The standard InChI is InChI=1S/C10H19NO2S/c1-10(2,9(12)13-3)7-11-8-4-5-14-6-8/h8,11H,4-7H2,1-3H3/t8-/m0/s1. The maximum Gasteiger partial charge on any atom is 0.312 e. The second kappa shape index (κ2) is 5.03. The molecule has 1 rings (SSSR count). The Bertz CT molecular complexity index is 200. The first-order valence-corrected chi connectivity index (χ1v) is 6.11. The van der Waals surface area contributed by atoms with Crippen LogP contribution in [0.15, 0.2) is 0 Å². The number of ether oxygens (including phenoxy) is 1. The van der Waals surface area contributed by atoms with Crippen molar-refractivity contribution >= 4 is 17.7 Å². The van der Waals surface area contributed by atoms with E-state index in [0.717, 1.165) is 5.75 Å². The highest BCUT2D eigenvalue weighted by atomic mass is 32.2. The van der Waals surface area contributed by atoms with Crippen LogP contribution in [0.25, 0.3) is 0 Å². The van der Waals surface area contributed by atoms with Crippen molar-refractivity contribution in [3.05, 3.63) is 0 Å².